The van der Waals surface area contributed by atoms with E-state index in [1.165, 1.54) is 7.11 Å². The number of rotatable bonds is 8. The highest BCUT2D eigenvalue weighted by molar-refractivity contribution is 5.72. The summed E-state index contributed by atoms with van der Waals surface area (Å²) in [5.41, 5.74) is 1.65. The Balaban J connectivity index is 1.49. The zero-order valence-electron chi connectivity index (χ0n) is 14.3. The van der Waals surface area contributed by atoms with Crippen LogP contribution in [0.5, 0.6) is 5.75 Å². The lowest BCUT2D eigenvalue weighted by Gasteiger charge is -2.04. The van der Waals surface area contributed by atoms with E-state index in [4.69, 9.17) is 9.15 Å². The molecule has 1 N–H and O–H groups in total. The fourth-order valence-electron chi connectivity index (χ4n) is 2.25. The Morgan fingerprint density at radius 2 is 1.85 bits per heavy atom. The van der Waals surface area contributed by atoms with Gasteiger partial charge in [0.05, 0.1) is 26.6 Å². The van der Waals surface area contributed by atoms with Gasteiger partial charge in [-0.1, -0.05) is 35.4 Å². The summed E-state index contributed by atoms with van der Waals surface area (Å²) in [5, 5.41) is 11.0. The number of nitrogens with one attached hydrogen (secondary N) is 1. The van der Waals surface area contributed by atoms with E-state index in [2.05, 4.69) is 20.3 Å². The molecule has 0 aliphatic carbocycles. The van der Waals surface area contributed by atoms with Crippen LogP contribution in [-0.4, -0.2) is 29.9 Å². The predicted molar refractivity (Wildman–Crippen MR) is 95.4 cm³/mol. The van der Waals surface area contributed by atoms with Crippen LogP contribution < -0.4 is 10.1 Å². The first kappa shape index (κ1) is 17.5. The molecule has 26 heavy (non-hydrogen) atoms. The molecule has 3 rings (SSSR count). The first-order chi connectivity index (χ1) is 12.7. The van der Waals surface area contributed by atoms with Gasteiger partial charge in [-0.25, -0.2) is 0 Å². The number of carbonyl (C=O) groups excluding carboxylic acids is 1. The second-order valence-electron chi connectivity index (χ2n) is 5.49. The van der Waals surface area contributed by atoms with Gasteiger partial charge in [0.1, 0.15) is 5.75 Å². The molecular weight excluding hydrogens is 334 g/mol. The number of hydrogen-bond donors (Lipinski definition) is 1. The SMILES string of the molecule is COC(=O)Cc1ccc(Nc2nnc(CCOc3ccccc3)o2)cc1. The topological polar surface area (TPSA) is 86.5 Å². The van der Waals surface area contributed by atoms with Gasteiger partial charge in [0.15, 0.2) is 0 Å². The Morgan fingerprint density at radius 3 is 2.58 bits per heavy atom. The maximum absolute atomic E-state index is 11.3. The molecule has 0 saturated heterocycles. The fourth-order valence-corrected chi connectivity index (χ4v) is 2.25. The third-order valence-corrected chi connectivity index (χ3v) is 3.58. The highest BCUT2D eigenvalue weighted by atomic mass is 16.5. The van der Waals surface area contributed by atoms with Crippen LogP contribution in [0.25, 0.3) is 0 Å². The number of ether oxygens (including phenoxy) is 2. The third kappa shape index (κ3) is 5.07. The summed E-state index contributed by atoms with van der Waals surface area (Å²) in [6, 6.07) is 17.2. The Kier molecular flexibility index (Phi) is 5.82. The van der Waals surface area contributed by atoms with E-state index >= 15 is 0 Å². The molecule has 0 aliphatic heterocycles. The molecule has 1 heterocycles. The molecule has 0 spiro atoms. The smallest absolute Gasteiger partial charge is 0.320 e. The first-order valence-electron chi connectivity index (χ1n) is 8.16. The molecule has 1 aromatic heterocycles. The van der Waals surface area contributed by atoms with Crippen molar-refractivity contribution in [3.8, 4) is 5.75 Å². The van der Waals surface area contributed by atoms with Crippen molar-refractivity contribution in [3.05, 3.63) is 66.1 Å². The monoisotopic (exact) mass is 353 g/mol. The van der Waals surface area contributed by atoms with Gasteiger partial charge in [0, 0.05) is 5.69 Å². The van der Waals surface area contributed by atoms with Gasteiger partial charge in [0.25, 0.3) is 0 Å². The van der Waals surface area contributed by atoms with Crippen LogP contribution in [0, 0.1) is 0 Å². The summed E-state index contributed by atoms with van der Waals surface area (Å²) in [6.07, 6.45) is 0.755. The summed E-state index contributed by atoms with van der Waals surface area (Å²) < 4.78 is 15.8. The van der Waals surface area contributed by atoms with Crippen LogP contribution in [0.2, 0.25) is 0 Å². The van der Waals surface area contributed by atoms with Crippen LogP contribution in [0.3, 0.4) is 0 Å². The molecule has 0 saturated carbocycles. The maximum atomic E-state index is 11.3. The van der Waals surface area contributed by atoms with Gasteiger partial charge < -0.3 is 19.2 Å². The average molecular weight is 353 g/mol. The Hall–Kier alpha value is -3.35. The van der Waals surface area contributed by atoms with E-state index in [-0.39, 0.29) is 12.4 Å². The minimum atomic E-state index is -0.273. The molecule has 7 nitrogen and oxygen atoms in total. The van der Waals surface area contributed by atoms with Crippen LogP contribution in [0.1, 0.15) is 11.5 Å². The van der Waals surface area contributed by atoms with Crippen molar-refractivity contribution in [2.45, 2.75) is 12.8 Å². The molecule has 0 fully saturated rings. The third-order valence-electron chi connectivity index (χ3n) is 3.58. The standard InChI is InChI=1S/C19H19N3O4/c1-24-18(23)13-14-7-9-15(10-8-14)20-19-22-21-17(26-19)11-12-25-16-5-3-2-4-6-16/h2-10H,11-13H2,1H3,(H,20,22). The maximum Gasteiger partial charge on any atom is 0.320 e. The van der Waals surface area contributed by atoms with E-state index in [0.29, 0.717) is 24.9 Å². The Labute approximate surface area is 151 Å². The number of benzene rings is 2. The normalized spacial score (nSPS) is 10.3. The minimum Gasteiger partial charge on any atom is -0.493 e. The fraction of sp³-hybridized carbons (Fsp3) is 0.211. The minimum absolute atomic E-state index is 0.239. The van der Waals surface area contributed by atoms with Crippen molar-refractivity contribution >= 4 is 17.7 Å². The number of anilines is 2. The molecule has 0 unspecified atom stereocenters. The zero-order valence-corrected chi connectivity index (χ0v) is 14.3. The second-order valence-corrected chi connectivity index (χ2v) is 5.49. The summed E-state index contributed by atoms with van der Waals surface area (Å²) in [5.74, 6) is 1.02. The zero-order chi connectivity index (χ0) is 18.2. The summed E-state index contributed by atoms with van der Waals surface area (Å²) >= 11 is 0. The van der Waals surface area contributed by atoms with E-state index < -0.39 is 0 Å². The van der Waals surface area contributed by atoms with Gasteiger partial charge in [-0.15, -0.1) is 5.10 Å². The van der Waals surface area contributed by atoms with E-state index in [1.54, 1.807) is 0 Å². The van der Waals surface area contributed by atoms with Crippen molar-refractivity contribution in [3.63, 3.8) is 0 Å². The number of methoxy groups -OCH3 is 1. The lowest BCUT2D eigenvalue weighted by atomic mass is 10.1. The van der Waals surface area contributed by atoms with Crippen molar-refractivity contribution in [2.24, 2.45) is 0 Å². The molecule has 0 aliphatic rings. The van der Waals surface area contributed by atoms with Crippen molar-refractivity contribution in [2.75, 3.05) is 19.0 Å². The van der Waals surface area contributed by atoms with Crippen LogP contribution in [0.4, 0.5) is 11.7 Å². The molecular formula is C19H19N3O4. The lowest BCUT2D eigenvalue weighted by Crippen LogP contribution is -2.04. The highest BCUT2D eigenvalue weighted by Crippen LogP contribution is 2.17. The van der Waals surface area contributed by atoms with Crippen LogP contribution in [-0.2, 0) is 22.4 Å². The van der Waals surface area contributed by atoms with Gasteiger partial charge >= 0.3 is 12.0 Å². The number of para-hydroxylation sites is 1. The Morgan fingerprint density at radius 1 is 1.08 bits per heavy atom. The van der Waals surface area contributed by atoms with E-state index in [1.807, 2.05) is 54.6 Å². The molecule has 0 radical (unpaired) electrons. The lowest BCUT2D eigenvalue weighted by molar-refractivity contribution is -0.139. The van der Waals surface area contributed by atoms with Crippen LogP contribution >= 0.6 is 0 Å². The first-order valence-corrected chi connectivity index (χ1v) is 8.16. The van der Waals surface area contributed by atoms with Crippen LogP contribution in [0.15, 0.2) is 59.0 Å². The van der Waals surface area contributed by atoms with Gasteiger partial charge in [0.2, 0.25) is 5.89 Å². The van der Waals surface area contributed by atoms with E-state index in [9.17, 15) is 4.79 Å². The number of hydrogen-bond acceptors (Lipinski definition) is 7. The van der Waals surface area contributed by atoms with Crippen molar-refractivity contribution in [1.82, 2.24) is 10.2 Å². The van der Waals surface area contributed by atoms with Gasteiger partial charge in [-0.05, 0) is 29.8 Å². The number of aromatic nitrogens is 2. The molecule has 0 bridgehead atoms. The summed E-state index contributed by atoms with van der Waals surface area (Å²) in [4.78, 5) is 11.3. The average Bonchev–Trinajstić information content (AvgIpc) is 3.11. The Bertz CT molecular complexity index is 832. The number of nitrogens with zero attached hydrogens (tertiary/aromatic N) is 2. The second kappa shape index (κ2) is 8.66. The largest absolute Gasteiger partial charge is 0.493 e. The van der Waals surface area contributed by atoms with Gasteiger partial charge in [-0.3, -0.25) is 4.79 Å². The molecule has 134 valence electrons. The predicted octanol–water partition coefficient (Wildman–Crippen LogP) is 3.15. The van der Waals surface area contributed by atoms with Crippen molar-refractivity contribution in [1.29, 1.82) is 0 Å². The quantitative estimate of drug-likeness (QED) is 0.623. The molecule has 0 amide bonds. The highest BCUT2D eigenvalue weighted by Gasteiger charge is 2.07. The number of esters is 1. The van der Waals surface area contributed by atoms with E-state index in [0.717, 1.165) is 17.0 Å². The molecule has 7 heteroatoms. The number of carbonyl (C=O) groups is 1. The van der Waals surface area contributed by atoms with Gasteiger partial charge in [-0.2, -0.15) is 0 Å². The molecule has 2 aromatic carbocycles. The molecule has 0 atom stereocenters. The molecule has 3 aromatic rings. The van der Waals surface area contributed by atoms with Crippen molar-refractivity contribution < 1.29 is 18.7 Å². The summed E-state index contributed by atoms with van der Waals surface area (Å²) in [6.45, 7) is 0.452. The summed E-state index contributed by atoms with van der Waals surface area (Å²) in [7, 11) is 1.37.